The molecule has 0 aromatic carbocycles. The van der Waals surface area contributed by atoms with E-state index in [1.54, 1.807) is 6.08 Å². The molecular weight excluding hydrogens is 875 g/mol. The highest BCUT2D eigenvalue weighted by molar-refractivity contribution is 5.76. The lowest BCUT2D eigenvalue weighted by molar-refractivity contribution is -0.143. The Kier molecular flexibility index (Phi) is 59.9. The second kappa shape index (κ2) is 61.1. The van der Waals surface area contributed by atoms with Crippen LogP contribution in [0.4, 0.5) is 0 Å². The lowest BCUT2D eigenvalue weighted by Crippen LogP contribution is -2.45. The summed E-state index contributed by atoms with van der Waals surface area (Å²) in [6.07, 6.45) is 74.0. The Bertz CT molecular complexity index is 1060. The molecule has 0 aliphatic rings. The summed E-state index contributed by atoms with van der Waals surface area (Å²) in [4.78, 5) is 24.6. The van der Waals surface area contributed by atoms with Crippen LogP contribution >= 0.6 is 0 Å². The van der Waals surface area contributed by atoms with Gasteiger partial charge in [-0.05, 0) is 32.1 Å². The van der Waals surface area contributed by atoms with Gasteiger partial charge in [-0.25, -0.2) is 0 Å². The van der Waals surface area contributed by atoms with Gasteiger partial charge in [0, 0.05) is 12.8 Å². The van der Waals surface area contributed by atoms with Crippen molar-refractivity contribution in [3.05, 3.63) is 12.2 Å². The monoisotopic (exact) mass is 1000 g/mol. The molecule has 0 saturated carbocycles. The van der Waals surface area contributed by atoms with E-state index >= 15 is 0 Å². The molecule has 0 aromatic heterocycles. The number of carbonyl (C=O) groups excluding carboxylic acids is 2. The van der Waals surface area contributed by atoms with Crippen LogP contribution in [0.1, 0.15) is 367 Å². The molecule has 0 aliphatic heterocycles. The van der Waals surface area contributed by atoms with Crippen molar-refractivity contribution in [3.8, 4) is 0 Å². The number of hydrogen-bond acceptors (Lipinski definition) is 5. The van der Waals surface area contributed by atoms with E-state index in [-0.39, 0.29) is 18.5 Å². The van der Waals surface area contributed by atoms with Gasteiger partial charge in [0.15, 0.2) is 0 Å². The predicted octanol–water partition coefficient (Wildman–Crippen LogP) is 20.4. The Morgan fingerprint density at radius 2 is 0.648 bits per heavy atom. The summed E-state index contributed by atoms with van der Waals surface area (Å²) in [6, 6.07) is -0.635. The molecular formula is C65H127NO5. The molecule has 1 amide bonds. The molecule has 0 spiro atoms. The van der Waals surface area contributed by atoms with Crippen molar-refractivity contribution in [2.24, 2.45) is 0 Å². The van der Waals surface area contributed by atoms with Gasteiger partial charge in [-0.15, -0.1) is 0 Å². The molecule has 2 unspecified atom stereocenters. The number of nitrogens with one attached hydrogen (secondary N) is 1. The highest BCUT2D eigenvalue weighted by Crippen LogP contribution is 2.18. The number of aliphatic hydroxyl groups is 2. The van der Waals surface area contributed by atoms with Crippen LogP contribution in [0.2, 0.25) is 0 Å². The molecule has 0 radical (unpaired) electrons. The maximum Gasteiger partial charge on any atom is 0.305 e. The van der Waals surface area contributed by atoms with Crippen molar-refractivity contribution in [2.75, 3.05) is 13.2 Å². The second-order valence-electron chi connectivity index (χ2n) is 22.5. The SMILES string of the molecule is CCCCCCCCCCCCCCCCCCCCCCCCC/C=C/C(O)C(CO)NC(=O)CCCCCCCCCCCCCCCCCOC(=O)CCCCCCCCCCCCCCCC. The van der Waals surface area contributed by atoms with Crippen LogP contribution in [-0.2, 0) is 14.3 Å². The summed E-state index contributed by atoms with van der Waals surface area (Å²) in [6.45, 7) is 4.92. The van der Waals surface area contributed by atoms with Crippen molar-refractivity contribution >= 4 is 11.9 Å². The van der Waals surface area contributed by atoms with Gasteiger partial charge in [0.05, 0.1) is 25.4 Å². The maximum atomic E-state index is 12.5. The van der Waals surface area contributed by atoms with Gasteiger partial charge < -0.3 is 20.3 Å². The van der Waals surface area contributed by atoms with E-state index in [0.29, 0.717) is 19.4 Å². The third-order valence-corrected chi connectivity index (χ3v) is 15.3. The maximum absolute atomic E-state index is 12.5. The molecule has 0 saturated heterocycles. The first kappa shape index (κ1) is 69.6. The number of allylic oxidation sites excluding steroid dienone is 1. The van der Waals surface area contributed by atoms with Crippen LogP contribution in [0.5, 0.6) is 0 Å². The van der Waals surface area contributed by atoms with E-state index in [2.05, 4.69) is 19.2 Å². The van der Waals surface area contributed by atoms with E-state index in [4.69, 9.17) is 4.74 Å². The standard InChI is InChI=1S/C65H127NO5/c1-3-5-7-9-11-13-15-17-19-20-21-22-23-24-25-26-27-28-30-33-37-41-45-49-53-57-63(68)62(61-67)66-64(69)58-54-50-46-42-38-34-31-29-32-36-40-44-48-52-56-60-71-65(70)59-55-51-47-43-39-35-18-16-14-12-10-8-6-4-2/h53,57,62-63,67-68H,3-52,54-56,58-61H2,1-2H3,(H,66,69)/b57-53+. The lowest BCUT2D eigenvalue weighted by Gasteiger charge is -2.20. The van der Waals surface area contributed by atoms with Crippen LogP contribution < -0.4 is 5.32 Å². The minimum absolute atomic E-state index is 0.00304. The zero-order valence-electron chi connectivity index (χ0n) is 48.2. The fraction of sp³-hybridized carbons (Fsp3) is 0.938. The van der Waals surface area contributed by atoms with Crippen molar-refractivity contribution < 1.29 is 24.5 Å². The summed E-state index contributed by atoms with van der Waals surface area (Å²) in [5.74, 6) is -0.0687. The largest absolute Gasteiger partial charge is 0.466 e. The second-order valence-corrected chi connectivity index (χ2v) is 22.5. The van der Waals surface area contributed by atoms with E-state index < -0.39 is 12.1 Å². The Labute approximate surface area is 444 Å². The third kappa shape index (κ3) is 57.7. The minimum atomic E-state index is -0.851. The molecule has 0 rings (SSSR count). The van der Waals surface area contributed by atoms with Gasteiger partial charge in [-0.2, -0.15) is 0 Å². The van der Waals surface area contributed by atoms with Crippen molar-refractivity contribution in [1.82, 2.24) is 5.32 Å². The molecule has 0 fully saturated rings. The molecule has 71 heavy (non-hydrogen) atoms. The van der Waals surface area contributed by atoms with E-state index in [1.165, 1.54) is 295 Å². The molecule has 0 aromatic rings. The molecule has 2 atom stereocenters. The number of rotatable bonds is 61. The normalized spacial score (nSPS) is 12.6. The molecule has 0 bridgehead atoms. The number of amides is 1. The molecule has 0 heterocycles. The van der Waals surface area contributed by atoms with Gasteiger partial charge in [0.1, 0.15) is 0 Å². The Hall–Kier alpha value is -1.40. The van der Waals surface area contributed by atoms with Crippen LogP contribution in [0.15, 0.2) is 12.2 Å². The zero-order chi connectivity index (χ0) is 51.4. The van der Waals surface area contributed by atoms with Gasteiger partial charge in [0.2, 0.25) is 5.91 Å². The molecule has 0 aliphatic carbocycles. The third-order valence-electron chi connectivity index (χ3n) is 15.3. The van der Waals surface area contributed by atoms with Gasteiger partial charge >= 0.3 is 5.97 Å². The topological polar surface area (TPSA) is 95.9 Å². The number of aliphatic hydroxyl groups excluding tert-OH is 2. The summed E-state index contributed by atoms with van der Waals surface area (Å²) in [5, 5.41) is 23.2. The van der Waals surface area contributed by atoms with Crippen molar-refractivity contribution in [1.29, 1.82) is 0 Å². The number of esters is 1. The lowest BCUT2D eigenvalue weighted by atomic mass is 10.0. The number of unbranched alkanes of at least 4 members (excludes halogenated alkanes) is 50. The van der Waals surface area contributed by atoms with Crippen LogP contribution in [-0.4, -0.2) is 47.4 Å². The van der Waals surface area contributed by atoms with E-state index in [1.807, 2.05) is 6.08 Å². The molecule has 6 heteroatoms. The highest BCUT2D eigenvalue weighted by Gasteiger charge is 2.18. The average molecular weight is 1000 g/mol. The number of ether oxygens (including phenoxy) is 1. The fourth-order valence-corrected chi connectivity index (χ4v) is 10.3. The first-order valence-corrected chi connectivity index (χ1v) is 32.5. The smallest absolute Gasteiger partial charge is 0.305 e. The zero-order valence-corrected chi connectivity index (χ0v) is 48.2. The van der Waals surface area contributed by atoms with Crippen LogP contribution in [0, 0.1) is 0 Å². The Balaban J connectivity index is 3.44. The Morgan fingerprint density at radius 3 is 0.958 bits per heavy atom. The summed E-state index contributed by atoms with van der Waals surface area (Å²) < 4.78 is 5.48. The van der Waals surface area contributed by atoms with E-state index in [0.717, 1.165) is 44.9 Å². The first-order chi connectivity index (χ1) is 35.0. The first-order valence-electron chi connectivity index (χ1n) is 32.5. The quantitative estimate of drug-likeness (QED) is 0.0320. The van der Waals surface area contributed by atoms with Crippen molar-refractivity contribution in [3.63, 3.8) is 0 Å². The van der Waals surface area contributed by atoms with E-state index in [9.17, 15) is 19.8 Å². The molecule has 3 N–H and O–H groups in total. The van der Waals surface area contributed by atoms with Crippen molar-refractivity contribution in [2.45, 2.75) is 379 Å². The Morgan fingerprint density at radius 1 is 0.380 bits per heavy atom. The van der Waals surface area contributed by atoms with Gasteiger partial charge in [-0.1, -0.05) is 334 Å². The summed E-state index contributed by atoms with van der Waals surface area (Å²) in [5.41, 5.74) is 0. The van der Waals surface area contributed by atoms with Crippen LogP contribution in [0.3, 0.4) is 0 Å². The number of carbonyl (C=O) groups is 2. The molecule has 6 nitrogen and oxygen atoms in total. The summed E-state index contributed by atoms with van der Waals surface area (Å²) in [7, 11) is 0. The van der Waals surface area contributed by atoms with Gasteiger partial charge in [0.25, 0.3) is 0 Å². The highest BCUT2D eigenvalue weighted by atomic mass is 16.5. The predicted molar refractivity (Wildman–Crippen MR) is 310 cm³/mol. The van der Waals surface area contributed by atoms with Gasteiger partial charge in [-0.3, -0.25) is 9.59 Å². The molecule has 422 valence electrons. The number of hydrogen-bond donors (Lipinski definition) is 3. The minimum Gasteiger partial charge on any atom is -0.466 e. The van der Waals surface area contributed by atoms with Crippen LogP contribution in [0.25, 0.3) is 0 Å². The summed E-state index contributed by atoms with van der Waals surface area (Å²) >= 11 is 0. The average Bonchev–Trinajstić information content (AvgIpc) is 3.37. The fourth-order valence-electron chi connectivity index (χ4n) is 10.3.